The van der Waals surface area contributed by atoms with E-state index in [9.17, 15) is 26.7 Å². The van der Waals surface area contributed by atoms with Crippen molar-refractivity contribution in [2.75, 3.05) is 4.31 Å². The molecule has 0 bridgehead atoms. The van der Waals surface area contributed by atoms with Gasteiger partial charge in [0.1, 0.15) is 5.82 Å². The number of anilines is 1. The highest BCUT2D eigenvalue weighted by molar-refractivity contribution is 7.91. The van der Waals surface area contributed by atoms with Crippen LogP contribution in [-0.2, 0) is 22.9 Å². The normalized spacial score (nSPS) is 14.5. The van der Waals surface area contributed by atoms with Gasteiger partial charge in [0.2, 0.25) is 5.88 Å². The van der Waals surface area contributed by atoms with Gasteiger partial charge in [-0.25, -0.2) is 14.0 Å². The maximum Gasteiger partial charge on any atom is 0.416 e. The second-order valence-electron chi connectivity index (χ2n) is 11.4. The Morgan fingerprint density at radius 1 is 0.918 bits per heavy atom. The third-order valence-electron chi connectivity index (χ3n) is 7.87. The van der Waals surface area contributed by atoms with E-state index in [1.54, 1.807) is 60.7 Å². The molecular weight excluding hydrogens is 696 g/mol. The van der Waals surface area contributed by atoms with Gasteiger partial charge in [-0.15, -0.1) is 0 Å². The van der Waals surface area contributed by atoms with Gasteiger partial charge >= 0.3 is 16.4 Å². The molecule has 0 spiro atoms. The number of imidazole rings is 1. The monoisotopic (exact) mass is 724 g/mol. The molecule has 0 atom stereocenters. The largest absolute Gasteiger partial charge is 0.493 e. The van der Waals surface area contributed by atoms with Crippen LogP contribution in [-0.4, -0.2) is 23.1 Å². The first kappa shape index (κ1) is 34.2. The van der Waals surface area contributed by atoms with Crippen molar-refractivity contribution in [3.63, 3.8) is 0 Å². The fourth-order valence-electron chi connectivity index (χ4n) is 5.50. The van der Waals surface area contributed by atoms with Crippen LogP contribution in [0.3, 0.4) is 0 Å². The molecule has 4 aromatic carbocycles. The van der Waals surface area contributed by atoms with Crippen molar-refractivity contribution in [2.45, 2.75) is 32.5 Å². The van der Waals surface area contributed by atoms with Crippen molar-refractivity contribution in [1.29, 1.82) is 0 Å². The molecule has 0 fully saturated rings. The SMILES string of the molecule is CCCC1=C(O)NS(=O)(=O)N1c1ccc(Cn2cc(-c3ccc(Cl)cc3Cl)nc2C=Cc2ccc(-c3cccc(C(F)(F)F)c3)cc2)cc1. The third-order valence-corrected chi connectivity index (χ3v) is 9.78. The van der Waals surface area contributed by atoms with Gasteiger partial charge in [0, 0.05) is 23.3 Å². The molecule has 0 unspecified atom stereocenters. The van der Waals surface area contributed by atoms with Crippen LogP contribution in [0.25, 0.3) is 34.5 Å². The van der Waals surface area contributed by atoms with E-state index in [0.717, 1.165) is 27.6 Å². The highest BCUT2D eigenvalue weighted by atomic mass is 35.5. The Balaban J connectivity index is 1.29. The molecule has 252 valence electrons. The van der Waals surface area contributed by atoms with E-state index in [0.29, 0.717) is 63.3 Å². The first-order valence-electron chi connectivity index (χ1n) is 15.1. The average molecular weight is 726 g/mol. The van der Waals surface area contributed by atoms with Gasteiger partial charge in [0.15, 0.2) is 0 Å². The molecule has 7 nitrogen and oxygen atoms in total. The Kier molecular flexibility index (Phi) is 9.52. The Morgan fingerprint density at radius 2 is 1.65 bits per heavy atom. The lowest BCUT2D eigenvalue weighted by Gasteiger charge is -2.19. The minimum atomic E-state index is -4.43. The van der Waals surface area contributed by atoms with Crippen LogP contribution in [0.5, 0.6) is 0 Å². The van der Waals surface area contributed by atoms with E-state index in [1.807, 2.05) is 42.0 Å². The second-order valence-corrected chi connectivity index (χ2v) is 13.7. The van der Waals surface area contributed by atoms with Crippen LogP contribution in [0.2, 0.25) is 10.0 Å². The fourth-order valence-corrected chi connectivity index (χ4v) is 7.33. The van der Waals surface area contributed by atoms with E-state index >= 15 is 0 Å². The van der Waals surface area contributed by atoms with Gasteiger partial charge in [-0.05, 0) is 77.2 Å². The van der Waals surface area contributed by atoms with E-state index in [4.69, 9.17) is 28.2 Å². The Hall–Kier alpha value is -4.71. The zero-order chi connectivity index (χ0) is 34.9. The molecule has 2 heterocycles. The summed E-state index contributed by atoms with van der Waals surface area (Å²) in [6, 6.07) is 24.5. The summed E-state index contributed by atoms with van der Waals surface area (Å²) in [7, 11) is -3.97. The first-order chi connectivity index (χ1) is 23.3. The molecule has 2 N–H and O–H groups in total. The van der Waals surface area contributed by atoms with Crippen LogP contribution < -0.4 is 9.03 Å². The van der Waals surface area contributed by atoms with E-state index < -0.39 is 21.9 Å². The van der Waals surface area contributed by atoms with Gasteiger partial charge in [-0.1, -0.05) is 91.2 Å². The topological polar surface area (TPSA) is 87.5 Å². The van der Waals surface area contributed by atoms with Crippen molar-refractivity contribution in [3.05, 3.63) is 141 Å². The average Bonchev–Trinajstić information content (AvgIpc) is 3.55. The van der Waals surface area contributed by atoms with Crippen LogP contribution in [0.4, 0.5) is 18.9 Å². The number of aliphatic hydroxyl groups excluding tert-OH is 1. The summed E-state index contributed by atoms with van der Waals surface area (Å²) in [4.78, 5) is 4.83. The quantitative estimate of drug-likeness (QED) is 0.158. The number of aliphatic hydroxyl groups is 1. The number of aromatic nitrogens is 2. The maximum absolute atomic E-state index is 13.2. The van der Waals surface area contributed by atoms with E-state index in [2.05, 4.69) is 4.72 Å². The summed E-state index contributed by atoms with van der Waals surface area (Å²) in [6.07, 6.45) is 2.12. The van der Waals surface area contributed by atoms with Crippen molar-refractivity contribution in [3.8, 4) is 22.4 Å². The summed E-state index contributed by atoms with van der Waals surface area (Å²) in [5.74, 6) is 0.218. The molecule has 49 heavy (non-hydrogen) atoms. The first-order valence-corrected chi connectivity index (χ1v) is 17.3. The number of hydrogen-bond donors (Lipinski definition) is 2. The smallest absolute Gasteiger partial charge is 0.416 e. The van der Waals surface area contributed by atoms with Crippen molar-refractivity contribution < 1.29 is 26.7 Å². The molecular formula is C36H29Cl2F3N4O3S. The molecule has 1 aromatic heterocycles. The number of nitrogens with one attached hydrogen (secondary N) is 1. The highest BCUT2D eigenvalue weighted by Crippen LogP contribution is 2.34. The molecule has 1 aliphatic rings. The number of benzene rings is 4. The number of hydrogen-bond acceptors (Lipinski definition) is 4. The predicted molar refractivity (Wildman–Crippen MR) is 188 cm³/mol. The molecule has 6 rings (SSSR count). The fraction of sp³-hybridized carbons (Fsp3) is 0.139. The summed E-state index contributed by atoms with van der Waals surface area (Å²) in [5, 5.41) is 11.1. The lowest BCUT2D eigenvalue weighted by molar-refractivity contribution is -0.137. The van der Waals surface area contributed by atoms with Crippen molar-refractivity contribution in [2.24, 2.45) is 0 Å². The molecule has 0 aliphatic carbocycles. The Bertz CT molecular complexity index is 2180. The minimum Gasteiger partial charge on any atom is -0.493 e. The second kappa shape index (κ2) is 13.7. The number of rotatable bonds is 9. The molecule has 0 radical (unpaired) electrons. The zero-order valence-corrected chi connectivity index (χ0v) is 28.2. The van der Waals surface area contributed by atoms with E-state index in [1.165, 1.54) is 6.07 Å². The summed E-state index contributed by atoms with van der Waals surface area (Å²) in [5.41, 5.74) is 4.02. The molecule has 13 heteroatoms. The van der Waals surface area contributed by atoms with Gasteiger partial charge in [0.25, 0.3) is 0 Å². The Morgan fingerprint density at radius 3 is 2.33 bits per heavy atom. The van der Waals surface area contributed by atoms with Crippen LogP contribution in [0.15, 0.2) is 109 Å². The number of halogens is 5. The standard InChI is InChI=1S/C36H29Cl2F3N4O3S/c1-2-4-33-35(46)43-49(47,48)45(33)29-15-9-24(10-16-29)21-44-22-32(30-17-14-28(37)20-31(30)38)42-34(44)18-11-23-7-12-25(13-8-23)26-5-3-6-27(19-26)36(39,40)41/h3,5-20,22,43,46H,2,4,21H2,1H3. The van der Waals surface area contributed by atoms with Crippen LogP contribution >= 0.6 is 23.2 Å². The summed E-state index contributed by atoms with van der Waals surface area (Å²) >= 11 is 12.6. The maximum atomic E-state index is 13.2. The van der Waals surface area contributed by atoms with Crippen LogP contribution in [0.1, 0.15) is 42.3 Å². The van der Waals surface area contributed by atoms with Crippen molar-refractivity contribution in [1.82, 2.24) is 14.3 Å². The predicted octanol–water partition coefficient (Wildman–Crippen LogP) is 9.94. The number of allylic oxidation sites excluding steroid dienone is 1. The van der Waals surface area contributed by atoms with E-state index in [-0.39, 0.29) is 11.6 Å². The Labute approximate surface area is 291 Å². The number of nitrogens with zero attached hydrogens (tertiary/aromatic N) is 3. The highest BCUT2D eigenvalue weighted by Gasteiger charge is 2.36. The van der Waals surface area contributed by atoms with Crippen molar-refractivity contribution >= 4 is 51.3 Å². The number of alkyl halides is 3. The summed E-state index contributed by atoms with van der Waals surface area (Å²) < 4.78 is 70.3. The van der Waals surface area contributed by atoms with Gasteiger partial charge in [-0.3, -0.25) is 0 Å². The molecule has 0 saturated heterocycles. The molecule has 0 amide bonds. The molecule has 5 aromatic rings. The van der Waals surface area contributed by atoms with Crippen LogP contribution in [0, 0.1) is 0 Å². The molecule has 1 aliphatic heterocycles. The van der Waals surface area contributed by atoms with Gasteiger partial charge < -0.3 is 9.67 Å². The lowest BCUT2D eigenvalue weighted by atomic mass is 10.0. The molecule has 0 saturated carbocycles. The minimum absolute atomic E-state index is 0.282. The third kappa shape index (κ3) is 7.49. The van der Waals surface area contributed by atoms with Gasteiger partial charge in [-0.2, -0.15) is 21.6 Å². The zero-order valence-electron chi connectivity index (χ0n) is 25.9. The lowest BCUT2D eigenvalue weighted by Crippen LogP contribution is -2.31. The van der Waals surface area contributed by atoms with Gasteiger partial charge in [0.05, 0.1) is 27.7 Å². The summed E-state index contributed by atoms with van der Waals surface area (Å²) in [6.45, 7) is 2.27.